The molecule has 4 rings (SSSR count). The van der Waals surface area contributed by atoms with Crippen molar-refractivity contribution in [1.82, 2.24) is 10.2 Å². The largest absolute Gasteiger partial charge is 0.454 e. The number of aryl methyl sites for hydroxylation is 1. The number of imide groups is 1. The maximum Gasteiger partial charge on any atom is 0.325 e. The van der Waals surface area contributed by atoms with E-state index in [9.17, 15) is 9.59 Å². The number of piperazine rings is 1. The molecule has 29 heavy (non-hydrogen) atoms. The van der Waals surface area contributed by atoms with Crippen LogP contribution in [0.4, 0.5) is 16.2 Å². The molecule has 2 heterocycles. The van der Waals surface area contributed by atoms with Crippen LogP contribution < -0.4 is 25.0 Å². The Kier molecular flexibility index (Phi) is 5.53. The van der Waals surface area contributed by atoms with Gasteiger partial charge in [0.2, 0.25) is 12.7 Å². The normalized spacial score (nSPS) is 15.8. The van der Waals surface area contributed by atoms with Gasteiger partial charge in [-0.25, -0.2) is 4.79 Å². The lowest BCUT2D eigenvalue weighted by atomic mass is 10.2. The second-order valence-corrected chi connectivity index (χ2v) is 7.17. The van der Waals surface area contributed by atoms with Crippen molar-refractivity contribution in [3.05, 3.63) is 48.0 Å². The van der Waals surface area contributed by atoms with Crippen molar-refractivity contribution in [1.29, 1.82) is 0 Å². The summed E-state index contributed by atoms with van der Waals surface area (Å²) in [7, 11) is 0. The molecule has 1 fully saturated rings. The maximum absolute atomic E-state index is 12.2. The fraction of sp³-hybridized carbons (Fsp3) is 0.333. The summed E-state index contributed by atoms with van der Waals surface area (Å²) in [5.74, 6) is 0.879. The Morgan fingerprint density at radius 2 is 1.79 bits per heavy atom. The average molecular weight is 396 g/mol. The number of carbonyl (C=O) groups excluding carboxylic acids is 2. The van der Waals surface area contributed by atoms with Crippen LogP contribution in [0.5, 0.6) is 11.5 Å². The topological polar surface area (TPSA) is 83.1 Å². The molecule has 1 saturated heterocycles. The number of urea groups is 1. The minimum atomic E-state index is -0.563. The molecule has 8 heteroatoms. The van der Waals surface area contributed by atoms with Gasteiger partial charge in [0, 0.05) is 43.6 Å². The van der Waals surface area contributed by atoms with E-state index in [1.807, 2.05) is 0 Å². The van der Waals surface area contributed by atoms with Gasteiger partial charge in [-0.05, 0) is 36.8 Å². The van der Waals surface area contributed by atoms with Crippen LogP contribution in [0.3, 0.4) is 0 Å². The molecule has 0 unspecified atom stereocenters. The molecular weight excluding hydrogens is 372 g/mol. The van der Waals surface area contributed by atoms with Gasteiger partial charge in [-0.1, -0.05) is 12.1 Å². The Balaban J connectivity index is 1.22. The molecule has 0 atom stereocenters. The first-order valence-corrected chi connectivity index (χ1v) is 9.61. The van der Waals surface area contributed by atoms with Crippen molar-refractivity contribution >= 4 is 23.3 Å². The molecule has 0 bridgehead atoms. The molecular formula is C21H24N4O4. The van der Waals surface area contributed by atoms with Crippen LogP contribution in [0.15, 0.2) is 42.5 Å². The highest BCUT2D eigenvalue weighted by Gasteiger charge is 2.20. The van der Waals surface area contributed by atoms with Gasteiger partial charge < -0.3 is 19.7 Å². The summed E-state index contributed by atoms with van der Waals surface area (Å²) in [5, 5.41) is 5.02. The second kappa shape index (κ2) is 8.40. The minimum Gasteiger partial charge on any atom is -0.454 e. The number of fused-ring (bicyclic) bond motifs is 1. The molecule has 0 radical (unpaired) electrons. The average Bonchev–Trinajstić information content (AvgIpc) is 3.16. The molecule has 152 valence electrons. The number of nitrogens with one attached hydrogen (secondary N) is 2. The number of ether oxygens (including phenoxy) is 2. The number of hydrogen-bond acceptors (Lipinski definition) is 6. The lowest BCUT2D eigenvalue weighted by Crippen LogP contribution is -2.50. The summed E-state index contributed by atoms with van der Waals surface area (Å²) in [6, 6.07) is 12.9. The monoisotopic (exact) mass is 396 g/mol. The standard InChI is InChI=1S/C21H24N4O4/c1-15-3-2-4-17(11-15)25-9-7-24(8-10-25)13-20(26)23-21(27)22-16-5-6-18-19(12-16)29-14-28-18/h2-6,11-12H,7-10,13-14H2,1H3,(H2,22,23,26,27). The Bertz CT molecular complexity index is 909. The molecule has 2 aromatic rings. The lowest BCUT2D eigenvalue weighted by molar-refractivity contribution is -0.121. The van der Waals surface area contributed by atoms with E-state index in [4.69, 9.17) is 9.47 Å². The predicted molar refractivity (Wildman–Crippen MR) is 110 cm³/mol. The van der Waals surface area contributed by atoms with Crippen LogP contribution in [0.1, 0.15) is 5.56 Å². The van der Waals surface area contributed by atoms with E-state index in [0.717, 1.165) is 26.2 Å². The van der Waals surface area contributed by atoms with Gasteiger partial charge in [0.05, 0.1) is 6.54 Å². The fourth-order valence-electron chi connectivity index (χ4n) is 3.49. The van der Waals surface area contributed by atoms with Gasteiger partial charge >= 0.3 is 6.03 Å². The summed E-state index contributed by atoms with van der Waals surface area (Å²) in [6.07, 6.45) is 0. The molecule has 2 aromatic carbocycles. The Hall–Kier alpha value is -3.26. The molecule has 3 amide bonds. The summed E-state index contributed by atoms with van der Waals surface area (Å²) in [6.45, 7) is 5.67. The SMILES string of the molecule is Cc1cccc(N2CCN(CC(=O)NC(=O)Nc3ccc4c(c3)OCO4)CC2)c1. The molecule has 2 N–H and O–H groups in total. The van der Waals surface area contributed by atoms with E-state index in [2.05, 4.69) is 51.6 Å². The van der Waals surface area contributed by atoms with Gasteiger partial charge in [0.1, 0.15) is 0 Å². The molecule has 8 nitrogen and oxygen atoms in total. The summed E-state index contributed by atoms with van der Waals surface area (Å²) in [4.78, 5) is 28.7. The first-order chi connectivity index (χ1) is 14.1. The van der Waals surface area contributed by atoms with E-state index in [1.165, 1.54) is 11.3 Å². The number of hydrogen-bond donors (Lipinski definition) is 2. The van der Waals surface area contributed by atoms with Crippen LogP contribution in [0, 0.1) is 6.92 Å². The van der Waals surface area contributed by atoms with Crippen molar-refractivity contribution in [3.8, 4) is 11.5 Å². The van der Waals surface area contributed by atoms with Gasteiger partial charge in [0.15, 0.2) is 11.5 Å². The fourth-order valence-corrected chi connectivity index (χ4v) is 3.49. The maximum atomic E-state index is 12.2. The highest BCUT2D eigenvalue weighted by molar-refractivity contribution is 6.01. The number of benzene rings is 2. The summed E-state index contributed by atoms with van der Waals surface area (Å²) >= 11 is 0. The third-order valence-electron chi connectivity index (χ3n) is 4.99. The first-order valence-electron chi connectivity index (χ1n) is 9.61. The zero-order valence-corrected chi connectivity index (χ0v) is 16.3. The molecule has 2 aliphatic rings. The smallest absolute Gasteiger partial charge is 0.325 e. The highest BCUT2D eigenvalue weighted by Crippen LogP contribution is 2.34. The third kappa shape index (κ3) is 4.78. The van der Waals surface area contributed by atoms with Crippen LogP contribution in [0.2, 0.25) is 0 Å². The molecule has 0 aromatic heterocycles. The second-order valence-electron chi connectivity index (χ2n) is 7.17. The number of nitrogens with zero attached hydrogens (tertiary/aromatic N) is 2. The zero-order valence-electron chi connectivity index (χ0n) is 16.3. The van der Waals surface area contributed by atoms with E-state index in [1.54, 1.807) is 18.2 Å². The summed E-state index contributed by atoms with van der Waals surface area (Å²) < 4.78 is 10.5. The van der Waals surface area contributed by atoms with Crippen LogP contribution in [-0.4, -0.2) is 56.4 Å². The Labute approximate surface area is 169 Å². The number of rotatable bonds is 4. The predicted octanol–water partition coefficient (Wildman–Crippen LogP) is 2.19. The third-order valence-corrected chi connectivity index (χ3v) is 4.99. The van der Waals surface area contributed by atoms with E-state index in [0.29, 0.717) is 17.2 Å². The minimum absolute atomic E-state index is 0.167. The van der Waals surface area contributed by atoms with Crippen molar-refractivity contribution in [2.24, 2.45) is 0 Å². The van der Waals surface area contributed by atoms with Crippen molar-refractivity contribution < 1.29 is 19.1 Å². The Morgan fingerprint density at radius 1 is 1.00 bits per heavy atom. The highest BCUT2D eigenvalue weighted by atomic mass is 16.7. The molecule has 0 saturated carbocycles. The molecule has 2 aliphatic heterocycles. The number of amides is 3. The van der Waals surface area contributed by atoms with Crippen molar-refractivity contribution in [2.75, 3.05) is 49.7 Å². The first kappa shape index (κ1) is 19.1. The van der Waals surface area contributed by atoms with Gasteiger partial charge in [-0.2, -0.15) is 0 Å². The lowest BCUT2D eigenvalue weighted by Gasteiger charge is -2.35. The molecule has 0 spiro atoms. The zero-order chi connectivity index (χ0) is 20.2. The van der Waals surface area contributed by atoms with Crippen LogP contribution >= 0.6 is 0 Å². The Morgan fingerprint density at radius 3 is 2.59 bits per heavy atom. The summed E-state index contributed by atoms with van der Waals surface area (Å²) in [5.41, 5.74) is 2.97. The van der Waals surface area contributed by atoms with E-state index in [-0.39, 0.29) is 19.2 Å². The van der Waals surface area contributed by atoms with E-state index >= 15 is 0 Å². The van der Waals surface area contributed by atoms with Crippen molar-refractivity contribution in [3.63, 3.8) is 0 Å². The van der Waals surface area contributed by atoms with E-state index < -0.39 is 6.03 Å². The van der Waals surface area contributed by atoms with Gasteiger partial charge in [-0.15, -0.1) is 0 Å². The van der Waals surface area contributed by atoms with Crippen molar-refractivity contribution in [2.45, 2.75) is 6.92 Å². The van der Waals surface area contributed by atoms with Gasteiger partial charge in [-0.3, -0.25) is 15.0 Å². The number of anilines is 2. The van der Waals surface area contributed by atoms with Gasteiger partial charge in [0.25, 0.3) is 0 Å². The van der Waals surface area contributed by atoms with Crippen LogP contribution in [0.25, 0.3) is 0 Å². The molecule has 0 aliphatic carbocycles. The quantitative estimate of drug-likeness (QED) is 0.825. The van der Waals surface area contributed by atoms with Crippen LogP contribution in [-0.2, 0) is 4.79 Å². The number of carbonyl (C=O) groups is 2.